The zero-order chi connectivity index (χ0) is 24.8. The van der Waals surface area contributed by atoms with Crippen LogP contribution >= 0.6 is 0 Å². The van der Waals surface area contributed by atoms with E-state index in [-0.39, 0.29) is 11.7 Å². The number of hydrogen-bond donors (Lipinski definition) is 1. The van der Waals surface area contributed by atoms with E-state index in [1.807, 2.05) is 63.2 Å². The summed E-state index contributed by atoms with van der Waals surface area (Å²) in [6, 6.07) is 21.1. The molecule has 0 aliphatic heterocycles. The highest BCUT2D eigenvalue weighted by Crippen LogP contribution is 2.22. The predicted molar refractivity (Wildman–Crippen MR) is 134 cm³/mol. The third-order valence-electron chi connectivity index (χ3n) is 5.60. The SMILES string of the molecule is CCOc1ccc(OCc2cccc(C(=O)Nc3c(C)nn(Cc4ccc(F)cc4)c3C)c2)cc1. The number of aromatic nitrogens is 2. The summed E-state index contributed by atoms with van der Waals surface area (Å²) in [5.74, 6) is 1.02. The molecular weight excluding hydrogens is 445 g/mol. The lowest BCUT2D eigenvalue weighted by Crippen LogP contribution is -2.14. The lowest BCUT2D eigenvalue weighted by atomic mass is 10.1. The number of carbonyl (C=O) groups is 1. The van der Waals surface area contributed by atoms with Crippen LogP contribution < -0.4 is 14.8 Å². The summed E-state index contributed by atoms with van der Waals surface area (Å²) in [6.45, 7) is 7.13. The van der Waals surface area contributed by atoms with Crippen LogP contribution in [-0.2, 0) is 13.2 Å². The van der Waals surface area contributed by atoms with E-state index in [1.165, 1.54) is 12.1 Å². The first-order valence-electron chi connectivity index (χ1n) is 11.5. The van der Waals surface area contributed by atoms with Crippen LogP contribution in [0.3, 0.4) is 0 Å². The van der Waals surface area contributed by atoms with Crippen LogP contribution in [0.2, 0.25) is 0 Å². The van der Waals surface area contributed by atoms with Crippen molar-refractivity contribution in [3.8, 4) is 11.5 Å². The Bertz CT molecular complexity index is 1300. The molecule has 0 bridgehead atoms. The fourth-order valence-electron chi connectivity index (χ4n) is 3.75. The van der Waals surface area contributed by atoms with E-state index >= 15 is 0 Å². The second-order valence-electron chi connectivity index (χ2n) is 8.18. The summed E-state index contributed by atoms with van der Waals surface area (Å²) in [5.41, 5.74) is 4.56. The number of benzene rings is 3. The van der Waals surface area contributed by atoms with Crippen molar-refractivity contribution in [1.29, 1.82) is 0 Å². The molecule has 180 valence electrons. The Kier molecular flexibility index (Phi) is 7.45. The van der Waals surface area contributed by atoms with Gasteiger partial charge < -0.3 is 14.8 Å². The molecule has 0 saturated heterocycles. The zero-order valence-corrected chi connectivity index (χ0v) is 20.0. The number of rotatable bonds is 9. The minimum absolute atomic E-state index is 0.222. The molecule has 0 unspecified atom stereocenters. The first kappa shape index (κ1) is 24.0. The van der Waals surface area contributed by atoms with E-state index in [1.54, 1.807) is 22.9 Å². The molecule has 0 radical (unpaired) electrons. The van der Waals surface area contributed by atoms with E-state index in [9.17, 15) is 9.18 Å². The van der Waals surface area contributed by atoms with Gasteiger partial charge in [-0.3, -0.25) is 9.48 Å². The van der Waals surface area contributed by atoms with Crippen molar-refractivity contribution in [1.82, 2.24) is 9.78 Å². The van der Waals surface area contributed by atoms with Crippen LogP contribution in [0.15, 0.2) is 72.8 Å². The van der Waals surface area contributed by atoms with Crippen molar-refractivity contribution in [2.45, 2.75) is 33.9 Å². The van der Waals surface area contributed by atoms with Gasteiger partial charge in [-0.2, -0.15) is 5.10 Å². The first-order valence-corrected chi connectivity index (χ1v) is 11.5. The molecule has 1 heterocycles. The second kappa shape index (κ2) is 10.9. The average molecular weight is 474 g/mol. The highest BCUT2D eigenvalue weighted by atomic mass is 19.1. The molecule has 0 aliphatic carbocycles. The number of nitrogens with zero attached hydrogens (tertiary/aromatic N) is 2. The summed E-state index contributed by atoms with van der Waals surface area (Å²) in [5, 5.41) is 7.54. The van der Waals surface area contributed by atoms with Crippen LogP contribution in [0, 0.1) is 19.7 Å². The normalized spacial score (nSPS) is 10.7. The van der Waals surface area contributed by atoms with Gasteiger partial charge >= 0.3 is 0 Å². The van der Waals surface area contributed by atoms with Gasteiger partial charge in [0.15, 0.2) is 0 Å². The number of carbonyl (C=O) groups excluding carboxylic acids is 1. The maximum Gasteiger partial charge on any atom is 0.255 e. The molecule has 0 spiro atoms. The molecule has 7 heteroatoms. The van der Waals surface area contributed by atoms with Gasteiger partial charge in [-0.25, -0.2) is 4.39 Å². The lowest BCUT2D eigenvalue weighted by Gasteiger charge is -2.10. The predicted octanol–water partition coefficient (Wildman–Crippen LogP) is 5.92. The van der Waals surface area contributed by atoms with Crippen LogP contribution in [-0.4, -0.2) is 22.3 Å². The summed E-state index contributed by atoms with van der Waals surface area (Å²) >= 11 is 0. The summed E-state index contributed by atoms with van der Waals surface area (Å²) < 4.78 is 26.3. The van der Waals surface area contributed by atoms with Crippen LogP contribution in [0.4, 0.5) is 10.1 Å². The molecule has 0 fully saturated rings. The highest BCUT2D eigenvalue weighted by Gasteiger charge is 2.16. The molecule has 3 aromatic carbocycles. The number of hydrogen-bond acceptors (Lipinski definition) is 4. The Morgan fingerprint density at radius 1 is 0.943 bits per heavy atom. The third-order valence-corrected chi connectivity index (χ3v) is 5.60. The molecule has 0 aliphatic rings. The fraction of sp³-hybridized carbons (Fsp3) is 0.214. The Morgan fingerprint density at radius 2 is 1.63 bits per heavy atom. The molecule has 4 rings (SSSR count). The van der Waals surface area contributed by atoms with Gasteiger partial charge in [-0.1, -0.05) is 24.3 Å². The minimum Gasteiger partial charge on any atom is -0.494 e. The molecular formula is C28H28FN3O3. The maximum atomic E-state index is 13.2. The molecule has 6 nitrogen and oxygen atoms in total. The number of ether oxygens (including phenoxy) is 2. The Morgan fingerprint density at radius 3 is 2.31 bits per heavy atom. The van der Waals surface area contributed by atoms with Gasteiger partial charge in [0.2, 0.25) is 0 Å². The topological polar surface area (TPSA) is 65.4 Å². The van der Waals surface area contributed by atoms with Crippen LogP contribution in [0.25, 0.3) is 0 Å². The van der Waals surface area contributed by atoms with Crippen LogP contribution in [0.1, 0.15) is 39.8 Å². The maximum absolute atomic E-state index is 13.2. The molecule has 1 N–H and O–H groups in total. The van der Waals surface area contributed by atoms with Crippen molar-refractivity contribution in [3.63, 3.8) is 0 Å². The van der Waals surface area contributed by atoms with E-state index in [2.05, 4.69) is 10.4 Å². The number of halogens is 1. The monoisotopic (exact) mass is 473 g/mol. The molecule has 0 saturated carbocycles. The molecule has 1 amide bonds. The first-order chi connectivity index (χ1) is 16.9. The quantitative estimate of drug-likeness (QED) is 0.328. The Labute approximate surface area is 204 Å². The fourth-order valence-corrected chi connectivity index (χ4v) is 3.75. The number of nitrogens with one attached hydrogen (secondary N) is 1. The van der Waals surface area contributed by atoms with Crippen molar-refractivity contribution >= 4 is 11.6 Å². The van der Waals surface area contributed by atoms with Crippen molar-refractivity contribution < 1.29 is 18.7 Å². The van der Waals surface area contributed by atoms with Gasteiger partial charge in [0.25, 0.3) is 5.91 Å². The Balaban J connectivity index is 1.41. The summed E-state index contributed by atoms with van der Waals surface area (Å²) in [6.07, 6.45) is 0. The molecule has 0 atom stereocenters. The summed E-state index contributed by atoms with van der Waals surface area (Å²) in [7, 11) is 0. The van der Waals surface area contributed by atoms with E-state index in [0.29, 0.717) is 36.7 Å². The minimum atomic E-state index is -0.276. The van der Waals surface area contributed by atoms with E-state index in [4.69, 9.17) is 9.47 Å². The van der Waals surface area contributed by atoms with Crippen molar-refractivity contribution in [2.24, 2.45) is 0 Å². The second-order valence-corrected chi connectivity index (χ2v) is 8.18. The highest BCUT2D eigenvalue weighted by molar-refractivity contribution is 6.05. The lowest BCUT2D eigenvalue weighted by molar-refractivity contribution is 0.102. The molecule has 4 aromatic rings. The van der Waals surface area contributed by atoms with Crippen molar-refractivity contribution in [2.75, 3.05) is 11.9 Å². The molecule has 35 heavy (non-hydrogen) atoms. The molecule has 1 aromatic heterocycles. The van der Waals surface area contributed by atoms with Gasteiger partial charge in [-0.05, 0) is 80.4 Å². The Hall–Kier alpha value is -4.13. The van der Waals surface area contributed by atoms with Crippen molar-refractivity contribution in [3.05, 3.63) is 107 Å². The van der Waals surface area contributed by atoms with Crippen LogP contribution in [0.5, 0.6) is 11.5 Å². The average Bonchev–Trinajstić information content (AvgIpc) is 3.12. The standard InChI is InChI=1S/C28H28FN3O3/c1-4-34-25-12-14-26(15-13-25)35-18-22-6-5-7-23(16-22)28(33)30-27-19(2)31-32(20(27)3)17-21-8-10-24(29)11-9-21/h5-16H,4,17-18H2,1-3H3,(H,30,33). The van der Waals surface area contributed by atoms with Gasteiger partial charge in [-0.15, -0.1) is 0 Å². The zero-order valence-electron chi connectivity index (χ0n) is 20.0. The number of anilines is 1. The van der Waals surface area contributed by atoms with Gasteiger partial charge in [0.1, 0.15) is 23.9 Å². The van der Waals surface area contributed by atoms with Gasteiger partial charge in [0.05, 0.1) is 30.2 Å². The van der Waals surface area contributed by atoms with E-state index < -0.39 is 0 Å². The van der Waals surface area contributed by atoms with E-state index in [0.717, 1.165) is 28.3 Å². The summed E-state index contributed by atoms with van der Waals surface area (Å²) in [4.78, 5) is 13.0. The smallest absolute Gasteiger partial charge is 0.255 e. The number of amides is 1. The third kappa shape index (κ3) is 6.06. The largest absolute Gasteiger partial charge is 0.494 e. The van der Waals surface area contributed by atoms with Gasteiger partial charge in [0, 0.05) is 5.56 Å². The number of aryl methyl sites for hydroxylation is 1.